The van der Waals surface area contributed by atoms with Crippen LogP contribution in [0.3, 0.4) is 0 Å². The number of rotatable bonds is 4. The predicted molar refractivity (Wildman–Crippen MR) is 74.8 cm³/mol. The van der Waals surface area contributed by atoms with Gasteiger partial charge in [0.05, 0.1) is 4.88 Å². The van der Waals surface area contributed by atoms with E-state index >= 15 is 0 Å². The molecule has 19 heavy (non-hydrogen) atoms. The van der Waals surface area contributed by atoms with Gasteiger partial charge < -0.3 is 5.11 Å². The van der Waals surface area contributed by atoms with Crippen molar-refractivity contribution in [3.05, 3.63) is 21.9 Å². The fraction of sp³-hybridized carbons (Fsp3) is 0.500. The fourth-order valence-electron chi connectivity index (χ4n) is 1.85. The smallest absolute Gasteiger partial charge is 0.279 e. The first kappa shape index (κ1) is 14.5. The number of hydrogen-bond acceptors (Lipinski definition) is 4. The quantitative estimate of drug-likeness (QED) is 0.797. The lowest BCUT2D eigenvalue weighted by Gasteiger charge is -2.15. The van der Waals surface area contributed by atoms with Crippen LogP contribution >= 0.6 is 11.3 Å². The highest BCUT2D eigenvalue weighted by atomic mass is 32.2. The van der Waals surface area contributed by atoms with E-state index < -0.39 is 10.2 Å². The van der Waals surface area contributed by atoms with Gasteiger partial charge in [0.15, 0.2) is 0 Å². The first-order valence-electron chi connectivity index (χ1n) is 6.05. The maximum atomic E-state index is 11.9. The molecule has 2 N–H and O–H groups in total. The number of hydrogen-bond donors (Lipinski definition) is 2. The average molecular weight is 300 g/mol. The fourth-order valence-corrected chi connectivity index (χ4v) is 4.02. The Hall–Kier alpha value is -0.910. The molecule has 0 atom stereocenters. The van der Waals surface area contributed by atoms with Gasteiger partial charge in [0.25, 0.3) is 10.2 Å². The summed E-state index contributed by atoms with van der Waals surface area (Å²) in [5.74, 6) is 5.36. The van der Waals surface area contributed by atoms with Crippen molar-refractivity contribution in [2.45, 2.75) is 19.4 Å². The Balaban J connectivity index is 1.93. The van der Waals surface area contributed by atoms with E-state index in [1.54, 1.807) is 0 Å². The van der Waals surface area contributed by atoms with Crippen molar-refractivity contribution in [3.8, 4) is 11.8 Å². The minimum absolute atomic E-state index is 0.172. The Morgan fingerprint density at radius 1 is 1.37 bits per heavy atom. The van der Waals surface area contributed by atoms with E-state index in [1.807, 2.05) is 12.1 Å². The molecule has 0 bridgehead atoms. The van der Waals surface area contributed by atoms with Crippen LogP contribution < -0.4 is 4.72 Å². The topological polar surface area (TPSA) is 69.6 Å². The van der Waals surface area contributed by atoms with Crippen LogP contribution in [-0.2, 0) is 16.8 Å². The Bertz CT molecular complexity index is 578. The highest BCUT2D eigenvalue weighted by Crippen LogP contribution is 2.16. The third kappa shape index (κ3) is 4.03. The monoisotopic (exact) mass is 300 g/mol. The molecule has 5 nitrogen and oxygen atoms in total. The van der Waals surface area contributed by atoms with Crippen LogP contribution in [0.15, 0.2) is 12.1 Å². The van der Waals surface area contributed by atoms with E-state index in [1.165, 1.54) is 15.6 Å². The zero-order valence-corrected chi connectivity index (χ0v) is 12.1. The van der Waals surface area contributed by atoms with Crippen LogP contribution in [0.4, 0.5) is 0 Å². The summed E-state index contributed by atoms with van der Waals surface area (Å²) < 4.78 is 28.0. The van der Waals surface area contributed by atoms with Gasteiger partial charge in [0, 0.05) is 24.5 Å². The normalized spacial score (nSPS) is 16.3. The third-order valence-corrected chi connectivity index (χ3v) is 5.34. The zero-order valence-electron chi connectivity index (χ0n) is 10.4. The average Bonchev–Trinajstić information content (AvgIpc) is 3.05. The lowest BCUT2D eigenvalue weighted by molar-refractivity contribution is 0.350. The van der Waals surface area contributed by atoms with Gasteiger partial charge in [0.2, 0.25) is 0 Å². The maximum absolute atomic E-state index is 11.9. The molecule has 7 heteroatoms. The molecule has 0 radical (unpaired) electrons. The van der Waals surface area contributed by atoms with Crippen molar-refractivity contribution in [3.63, 3.8) is 0 Å². The van der Waals surface area contributed by atoms with E-state index in [2.05, 4.69) is 16.6 Å². The lowest BCUT2D eigenvalue weighted by Crippen LogP contribution is -2.38. The van der Waals surface area contributed by atoms with Crippen molar-refractivity contribution < 1.29 is 13.5 Å². The molecule has 1 aromatic rings. The summed E-state index contributed by atoms with van der Waals surface area (Å²) in [6.45, 7) is 1.32. The molecular weight excluding hydrogens is 284 g/mol. The van der Waals surface area contributed by atoms with Gasteiger partial charge in [-0.3, -0.25) is 0 Å². The Labute approximate surface area is 117 Å². The number of nitrogens with zero attached hydrogens (tertiary/aromatic N) is 1. The van der Waals surface area contributed by atoms with Crippen molar-refractivity contribution in [1.29, 1.82) is 0 Å². The van der Waals surface area contributed by atoms with Crippen molar-refractivity contribution in [2.24, 2.45) is 0 Å². The van der Waals surface area contributed by atoms with E-state index in [0.717, 1.165) is 22.6 Å². The van der Waals surface area contributed by atoms with Gasteiger partial charge in [0.1, 0.15) is 6.61 Å². The molecule has 0 aliphatic carbocycles. The van der Waals surface area contributed by atoms with E-state index in [9.17, 15) is 8.42 Å². The standard InChI is InChI=1S/C12H16N2O3S2/c15-9-3-4-11-5-6-12(18-11)10-13-19(16,17)14-7-1-2-8-14/h5-6,13,15H,1-2,7-10H2. The molecule has 0 aromatic carbocycles. The molecular formula is C12H16N2O3S2. The first-order valence-corrected chi connectivity index (χ1v) is 8.30. The van der Waals surface area contributed by atoms with Gasteiger partial charge in [-0.25, -0.2) is 0 Å². The third-order valence-electron chi connectivity index (χ3n) is 2.79. The molecule has 104 valence electrons. The second-order valence-electron chi connectivity index (χ2n) is 4.16. The summed E-state index contributed by atoms with van der Waals surface area (Å²) in [4.78, 5) is 1.73. The van der Waals surface area contributed by atoms with Gasteiger partial charge in [-0.15, -0.1) is 11.3 Å². The highest BCUT2D eigenvalue weighted by molar-refractivity contribution is 7.87. The van der Waals surface area contributed by atoms with Crippen LogP contribution in [0.1, 0.15) is 22.6 Å². The zero-order chi connectivity index (χ0) is 13.7. The molecule has 1 saturated heterocycles. The van der Waals surface area contributed by atoms with Crippen LogP contribution in [0.2, 0.25) is 0 Å². The van der Waals surface area contributed by atoms with E-state index in [-0.39, 0.29) is 13.2 Å². The molecule has 0 unspecified atom stereocenters. The first-order chi connectivity index (χ1) is 9.12. The van der Waals surface area contributed by atoms with Gasteiger partial charge in [-0.05, 0) is 25.0 Å². The van der Waals surface area contributed by atoms with Crippen LogP contribution in [-0.4, -0.2) is 37.5 Å². The lowest BCUT2D eigenvalue weighted by atomic mass is 10.4. The molecule has 1 fully saturated rings. The number of aliphatic hydroxyl groups is 1. The predicted octanol–water partition coefficient (Wildman–Crippen LogP) is 0.522. The molecule has 0 amide bonds. The summed E-state index contributed by atoms with van der Waals surface area (Å²) in [5.41, 5.74) is 0. The van der Waals surface area contributed by atoms with E-state index in [0.29, 0.717) is 13.1 Å². The van der Waals surface area contributed by atoms with Crippen LogP contribution in [0.5, 0.6) is 0 Å². The molecule has 2 heterocycles. The van der Waals surface area contributed by atoms with Crippen LogP contribution in [0.25, 0.3) is 0 Å². The molecule has 1 aliphatic heterocycles. The number of thiophene rings is 1. The minimum Gasteiger partial charge on any atom is -0.384 e. The van der Waals surface area contributed by atoms with Crippen molar-refractivity contribution in [2.75, 3.05) is 19.7 Å². The molecule has 1 aromatic heterocycles. The second-order valence-corrected chi connectivity index (χ2v) is 7.08. The highest BCUT2D eigenvalue weighted by Gasteiger charge is 2.24. The van der Waals surface area contributed by atoms with Gasteiger partial charge in [-0.2, -0.15) is 17.4 Å². The SMILES string of the molecule is O=S(=O)(NCc1ccc(C#CCO)s1)N1CCCC1. The Kier molecular flexibility index (Phi) is 4.96. The molecule has 1 aliphatic rings. The van der Waals surface area contributed by atoms with Crippen molar-refractivity contribution in [1.82, 2.24) is 9.03 Å². The number of aliphatic hydroxyl groups excluding tert-OH is 1. The minimum atomic E-state index is -3.35. The summed E-state index contributed by atoms with van der Waals surface area (Å²) in [6.07, 6.45) is 1.86. The molecule has 0 spiro atoms. The van der Waals surface area contributed by atoms with Crippen molar-refractivity contribution >= 4 is 21.5 Å². The van der Waals surface area contributed by atoms with Gasteiger partial charge in [-0.1, -0.05) is 11.8 Å². The Morgan fingerprint density at radius 3 is 2.79 bits per heavy atom. The summed E-state index contributed by atoms with van der Waals surface area (Å²) in [7, 11) is -3.35. The molecule has 2 rings (SSSR count). The Morgan fingerprint density at radius 2 is 2.11 bits per heavy atom. The van der Waals surface area contributed by atoms with E-state index in [4.69, 9.17) is 5.11 Å². The van der Waals surface area contributed by atoms with Gasteiger partial charge >= 0.3 is 0 Å². The van der Waals surface area contributed by atoms with Crippen LogP contribution in [0, 0.1) is 11.8 Å². The second kappa shape index (κ2) is 6.50. The maximum Gasteiger partial charge on any atom is 0.279 e. The molecule has 0 saturated carbocycles. The summed E-state index contributed by atoms with van der Waals surface area (Å²) in [5, 5.41) is 8.60. The summed E-state index contributed by atoms with van der Waals surface area (Å²) >= 11 is 1.43. The number of nitrogens with one attached hydrogen (secondary N) is 1. The largest absolute Gasteiger partial charge is 0.384 e. The summed E-state index contributed by atoms with van der Waals surface area (Å²) in [6, 6.07) is 3.67.